The van der Waals surface area contributed by atoms with Crippen LogP contribution in [-0.2, 0) is 4.79 Å². The third-order valence-corrected chi connectivity index (χ3v) is 2.34. The number of aliphatic hydroxyl groups is 1. The van der Waals surface area contributed by atoms with Gasteiger partial charge in [0.1, 0.15) is 0 Å². The van der Waals surface area contributed by atoms with E-state index in [4.69, 9.17) is 10.8 Å². The molecule has 0 rings (SSSR count). The van der Waals surface area contributed by atoms with E-state index in [0.29, 0.717) is 12.8 Å². The lowest BCUT2D eigenvalue weighted by Gasteiger charge is -2.25. The van der Waals surface area contributed by atoms with E-state index >= 15 is 0 Å². The van der Waals surface area contributed by atoms with Gasteiger partial charge in [0.05, 0.1) is 18.2 Å². The summed E-state index contributed by atoms with van der Waals surface area (Å²) >= 11 is 0. The minimum Gasteiger partial charge on any atom is -0.394 e. The fourth-order valence-electron chi connectivity index (χ4n) is 1.26. The van der Waals surface area contributed by atoms with Crippen molar-refractivity contribution in [3.63, 3.8) is 0 Å². The Kier molecular flexibility index (Phi) is 5.72. The largest absolute Gasteiger partial charge is 0.394 e. The zero-order valence-corrected chi connectivity index (χ0v) is 9.34. The maximum Gasteiger partial charge on any atom is 0.240 e. The standard InChI is InChI=1S/C10H22N2O2/c1-4-6-10(3,11)9(14)12-8(5-2)7-13/h8,13H,4-7,11H2,1-3H3,(H,12,14)/t8-,10?/m0/s1. The molecule has 0 radical (unpaired) electrons. The highest BCUT2D eigenvalue weighted by Gasteiger charge is 2.28. The van der Waals surface area contributed by atoms with Crippen LogP contribution in [0.2, 0.25) is 0 Å². The second-order valence-corrected chi connectivity index (χ2v) is 3.93. The smallest absolute Gasteiger partial charge is 0.240 e. The molecule has 0 aliphatic rings. The maximum absolute atomic E-state index is 11.6. The highest BCUT2D eigenvalue weighted by atomic mass is 16.3. The lowest BCUT2D eigenvalue weighted by molar-refractivity contribution is -0.127. The Morgan fingerprint density at radius 2 is 2.14 bits per heavy atom. The van der Waals surface area contributed by atoms with Crippen molar-refractivity contribution in [3.8, 4) is 0 Å². The van der Waals surface area contributed by atoms with E-state index in [1.165, 1.54) is 0 Å². The molecule has 0 spiro atoms. The van der Waals surface area contributed by atoms with Gasteiger partial charge in [-0.15, -0.1) is 0 Å². The Bertz CT molecular complexity index is 177. The van der Waals surface area contributed by atoms with E-state index in [2.05, 4.69) is 5.32 Å². The Morgan fingerprint density at radius 3 is 2.50 bits per heavy atom. The summed E-state index contributed by atoms with van der Waals surface area (Å²) in [4.78, 5) is 11.6. The topological polar surface area (TPSA) is 75.4 Å². The van der Waals surface area contributed by atoms with Crippen molar-refractivity contribution >= 4 is 5.91 Å². The monoisotopic (exact) mass is 202 g/mol. The summed E-state index contributed by atoms with van der Waals surface area (Å²) in [7, 11) is 0. The molecule has 0 aromatic carbocycles. The molecule has 14 heavy (non-hydrogen) atoms. The maximum atomic E-state index is 11.6. The minimum atomic E-state index is -0.822. The average Bonchev–Trinajstić information content (AvgIpc) is 2.13. The van der Waals surface area contributed by atoms with Gasteiger partial charge in [0.2, 0.25) is 5.91 Å². The van der Waals surface area contributed by atoms with Crippen molar-refractivity contribution in [2.75, 3.05) is 6.61 Å². The molecule has 0 aromatic rings. The Morgan fingerprint density at radius 1 is 1.57 bits per heavy atom. The van der Waals surface area contributed by atoms with E-state index in [1.54, 1.807) is 6.92 Å². The van der Waals surface area contributed by atoms with Crippen molar-refractivity contribution in [2.45, 2.75) is 51.6 Å². The van der Waals surface area contributed by atoms with Crippen molar-refractivity contribution in [2.24, 2.45) is 5.73 Å². The lowest BCUT2D eigenvalue weighted by Crippen LogP contribution is -2.54. The van der Waals surface area contributed by atoms with E-state index in [0.717, 1.165) is 6.42 Å². The van der Waals surface area contributed by atoms with Crippen LogP contribution in [0.15, 0.2) is 0 Å². The summed E-state index contributed by atoms with van der Waals surface area (Å²) in [6, 6.07) is -0.178. The van der Waals surface area contributed by atoms with Gasteiger partial charge in [0.15, 0.2) is 0 Å². The fourth-order valence-corrected chi connectivity index (χ4v) is 1.26. The van der Waals surface area contributed by atoms with E-state index in [1.807, 2.05) is 13.8 Å². The van der Waals surface area contributed by atoms with Crippen molar-refractivity contribution in [3.05, 3.63) is 0 Å². The number of aliphatic hydroxyl groups excluding tert-OH is 1. The second-order valence-electron chi connectivity index (χ2n) is 3.93. The van der Waals surface area contributed by atoms with E-state index < -0.39 is 5.54 Å². The third kappa shape index (κ3) is 4.07. The number of nitrogens with one attached hydrogen (secondary N) is 1. The number of rotatable bonds is 6. The molecule has 1 unspecified atom stereocenters. The number of amides is 1. The number of carbonyl (C=O) groups is 1. The van der Waals surface area contributed by atoms with E-state index in [9.17, 15) is 4.79 Å². The molecule has 4 nitrogen and oxygen atoms in total. The van der Waals surface area contributed by atoms with Gasteiger partial charge in [-0.25, -0.2) is 0 Å². The molecule has 0 aliphatic carbocycles. The van der Waals surface area contributed by atoms with Crippen LogP contribution in [0.25, 0.3) is 0 Å². The molecular weight excluding hydrogens is 180 g/mol. The van der Waals surface area contributed by atoms with E-state index in [-0.39, 0.29) is 18.6 Å². The van der Waals surface area contributed by atoms with Crippen LogP contribution in [0.1, 0.15) is 40.0 Å². The zero-order chi connectivity index (χ0) is 11.2. The first-order valence-corrected chi connectivity index (χ1v) is 5.18. The Labute approximate surface area is 85.9 Å². The van der Waals surface area contributed by atoms with Gasteiger partial charge in [0.25, 0.3) is 0 Å². The van der Waals surface area contributed by atoms with Gasteiger partial charge in [-0.3, -0.25) is 4.79 Å². The Hall–Kier alpha value is -0.610. The molecule has 0 fully saturated rings. The van der Waals surface area contributed by atoms with Crippen LogP contribution < -0.4 is 11.1 Å². The van der Waals surface area contributed by atoms with Gasteiger partial charge in [-0.05, 0) is 19.8 Å². The molecule has 0 aromatic heterocycles. The second kappa shape index (κ2) is 5.98. The predicted octanol–water partition coefficient (Wildman–Crippen LogP) is 0.391. The molecule has 0 heterocycles. The van der Waals surface area contributed by atoms with Crippen molar-refractivity contribution in [1.82, 2.24) is 5.32 Å². The summed E-state index contributed by atoms with van der Waals surface area (Å²) < 4.78 is 0. The van der Waals surface area contributed by atoms with Crippen molar-refractivity contribution < 1.29 is 9.90 Å². The molecule has 0 aliphatic heterocycles. The fraction of sp³-hybridized carbons (Fsp3) is 0.900. The lowest BCUT2D eigenvalue weighted by atomic mass is 9.96. The number of nitrogens with two attached hydrogens (primary N) is 1. The first kappa shape index (κ1) is 13.4. The van der Waals surface area contributed by atoms with Crippen LogP contribution in [0, 0.1) is 0 Å². The first-order valence-electron chi connectivity index (χ1n) is 5.18. The highest BCUT2D eigenvalue weighted by Crippen LogP contribution is 2.09. The molecule has 4 N–H and O–H groups in total. The van der Waals surface area contributed by atoms with Crippen LogP contribution in [-0.4, -0.2) is 29.2 Å². The van der Waals surface area contributed by atoms with Gasteiger partial charge < -0.3 is 16.2 Å². The van der Waals surface area contributed by atoms with Crippen LogP contribution in [0.3, 0.4) is 0 Å². The van der Waals surface area contributed by atoms with Gasteiger partial charge in [0, 0.05) is 0 Å². The molecule has 4 heteroatoms. The first-order chi connectivity index (χ1) is 6.47. The number of hydrogen-bond acceptors (Lipinski definition) is 3. The Balaban J connectivity index is 4.17. The normalized spacial score (nSPS) is 17.2. The van der Waals surface area contributed by atoms with Crippen LogP contribution in [0.5, 0.6) is 0 Å². The molecule has 84 valence electrons. The minimum absolute atomic E-state index is 0.0373. The SMILES string of the molecule is CCCC(C)(N)C(=O)N[C@@H](CC)CO. The molecule has 0 saturated carbocycles. The molecule has 2 atom stereocenters. The summed E-state index contributed by atoms with van der Waals surface area (Å²) in [6.45, 7) is 5.58. The summed E-state index contributed by atoms with van der Waals surface area (Å²) in [6.07, 6.45) is 2.24. The number of hydrogen-bond donors (Lipinski definition) is 3. The highest BCUT2D eigenvalue weighted by molar-refractivity contribution is 5.85. The third-order valence-electron chi connectivity index (χ3n) is 2.34. The molecule has 0 bridgehead atoms. The van der Waals surface area contributed by atoms with Gasteiger partial charge in [-0.2, -0.15) is 0 Å². The molecular formula is C10H22N2O2. The zero-order valence-electron chi connectivity index (χ0n) is 9.34. The summed E-state index contributed by atoms with van der Waals surface area (Å²) in [5.74, 6) is -0.180. The quantitative estimate of drug-likeness (QED) is 0.583. The predicted molar refractivity (Wildman–Crippen MR) is 56.8 cm³/mol. The summed E-state index contributed by atoms with van der Waals surface area (Å²) in [5.41, 5.74) is 5.01. The average molecular weight is 202 g/mol. The van der Waals surface area contributed by atoms with Gasteiger partial charge >= 0.3 is 0 Å². The van der Waals surface area contributed by atoms with Crippen molar-refractivity contribution in [1.29, 1.82) is 0 Å². The summed E-state index contributed by atoms with van der Waals surface area (Å²) in [5, 5.41) is 11.6. The van der Waals surface area contributed by atoms with Crippen LogP contribution in [0.4, 0.5) is 0 Å². The van der Waals surface area contributed by atoms with Crippen LogP contribution >= 0.6 is 0 Å². The molecule has 1 amide bonds. The van der Waals surface area contributed by atoms with Gasteiger partial charge in [-0.1, -0.05) is 20.3 Å². The molecule has 0 saturated heterocycles. The number of carbonyl (C=O) groups excluding carboxylic acids is 1.